The van der Waals surface area contributed by atoms with Crippen LogP contribution in [-0.4, -0.2) is 12.1 Å². The molecule has 0 atom stereocenters. The molecule has 0 bridgehead atoms. The molecule has 0 saturated heterocycles. The van der Waals surface area contributed by atoms with E-state index in [-0.39, 0.29) is 0 Å². The van der Waals surface area contributed by atoms with E-state index in [4.69, 9.17) is 4.74 Å². The topological polar surface area (TPSA) is 22.1 Å². The number of hydrogen-bond donors (Lipinski definition) is 0. The SMILES string of the molecule is COc1ccc2c(CBr)ccnc2c1. The monoisotopic (exact) mass is 251 g/mol. The molecule has 0 aliphatic rings. The second-order valence-corrected chi connectivity index (χ2v) is 3.55. The van der Waals surface area contributed by atoms with Gasteiger partial charge in [-0.1, -0.05) is 15.9 Å². The number of methoxy groups -OCH3 is 1. The number of aromatic nitrogens is 1. The van der Waals surface area contributed by atoms with Crippen molar-refractivity contribution >= 4 is 26.8 Å². The van der Waals surface area contributed by atoms with E-state index in [2.05, 4.69) is 20.9 Å². The summed E-state index contributed by atoms with van der Waals surface area (Å²) in [6.07, 6.45) is 1.82. The maximum atomic E-state index is 5.14. The van der Waals surface area contributed by atoms with Crippen LogP contribution in [0.25, 0.3) is 10.9 Å². The Morgan fingerprint density at radius 3 is 2.93 bits per heavy atom. The molecule has 0 amide bonds. The van der Waals surface area contributed by atoms with Crippen LogP contribution >= 0.6 is 15.9 Å². The van der Waals surface area contributed by atoms with E-state index in [1.807, 2.05) is 30.5 Å². The summed E-state index contributed by atoms with van der Waals surface area (Å²) in [4.78, 5) is 4.30. The van der Waals surface area contributed by atoms with E-state index in [0.717, 1.165) is 16.6 Å². The number of fused-ring (bicyclic) bond motifs is 1. The molecule has 0 fully saturated rings. The highest BCUT2D eigenvalue weighted by molar-refractivity contribution is 9.08. The number of halogens is 1. The smallest absolute Gasteiger partial charge is 0.121 e. The molecule has 14 heavy (non-hydrogen) atoms. The van der Waals surface area contributed by atoms with Crippen LogP contribution in [0.2, 0.25) is 0 Å². The normalized spacial score (nSPS) is 10.4. The van der Waals surface area contributed by atoms with Gasteiger partial charge in [-0.15, -0.1) is 0 Å². The van der Waals surface area contributed by atoms with Gasteiger partial charge in [-0.3, -0.25) is 4.98 Å². The second kappa shape index (κ2) is 3.96. The summed E-state index contributed by atoms with van der Waals surface area (Å²) >= 11 is 3.46. The van der Waals surface area contributed by atoms with Crippen LogP contribution < -0.4 is 4.74 Å². The number of benzene rings is 1. The number of alkyl halides is 1. The maximum Gasteiger partial charge on any atom is 0.121 e. The first-order chi connectivity index (χ1) is 6.85. The number of ether oxygens (including phenoxy) is 1. The fourth-order valence-electron chi connectivity index (χ4n) is 1.43. The minimum absolute atomic E-state index is 0.844. The van der Waals surface area contributed by atoms with Gasteiger partial charge in [0.1, 0.15) is 5.75 Å². The second-order valence-electron chi connectivity index (χ2n) is 2.99. The van der Waals surface area contributed by atoms with E-state index in [9.17, 15) is 0 Å². The Hall–Kier alpha value is -1.09. The first-order valence-electron chi connectivity index (χ1n) is 4.33. The predicted molar refractivity (Wildman–Crippen MR) is 60.9 cm³/mol. The van der Waals surface area contributed by atoms with Crippen molar-refractivity contribution in [2.45, 2.75) is 5.33 Å². The maximum absolute atomic E-state index is 5.14. The molecule has 0 N–H and O–H groups in total. The highest BCUT2D eigenvalue weighted by Gasteiger charge is 2.01. The zero-order valence-corrected chi connectivity index (χ0v) is 9.41. The summed E-state index contributed by atoms with van der Waals surface area (Å²) in [5.41, 5.74) is 2.22. The molecule has 2 nitrogen and oxygen atoms in total. The van der Waals surface area contributed by atoms with Crippen LogP contribution in [0.3, 0.4) is 0 Å². The molecule has 72 valence electrons. The Kier molecular flexibility index (Phi) is 2.68. The third-order valence-electron chi connectivity index (χ3n) is 2.18. The molecule has 0 aliphatic carbocycles. The summed E-state index contributed by atoms with van der Waals surface area (Å²) in [6.45, 7) is 0. The number of pyridine rings is 1. The Balaban J connectivity index is 2.67. The zero-order chi connectivity index (χ0) is 9.97. The van der Waals surface area contributed by atoms with Crippen molar-refractivity contribution in [2.24, 2.45) is 0 Å². The van der Waals surface area contributed by atoms with Crippen molar-refractivity contribution < 1.29 is 4.74 Å². The summed E-state index contributed by atoms with van der Waals surface area (Å²) < 4.78 is 5.14. The Labute approximate surface area is 91.0 Å². The summed E-state index contributed by atoms with van der Waals surface area (Å²) in [7, 11) is 1.66. The molecule has 0 unspecified atom stereocenters. The van der Waals surface area contributed by atoms with Crippen LogP contribution in [0.5, 0.6) is 5.75 Å². The molecule has 2 rings (SSSR count). The van der Waals surface area contributed by atoms with Crippen molar-refractivity contribution in [3.05, 3.63) is 36.0 Å². The zero-order valence-electron chi connectivity index (χ0n) is 7.83. The molecule has 1 aromatic carbocycles. The van der Waals surface area contributed by atoms with Crippen molar-refractivity contribution in [3.63, 3.8) is 0 Å². The quantitative estimate of drug-likeness (QED) is 0.766. The van der Waals surface area contributed by atoms with E-state index in [0.29, 0.717) is 0 Å². The van der Waals surface area contributed by atoms with Crippen molar-refractivity contribution in [1.29, 1.82) is 0 Å². The Bertz CT molecular complexity index is 456. The Morgan fingerprint density at radius 2 is 2.21 bits per heavy atom. The average molecular weight is 252 g/mol. The fourth-order valence-corrected chi connectivity index (χ4v) is 1.92. The van der Waals surface area contributed by atoms with Crippen molar-refractivity contribution in [1.82, 2.24) is 4.98 Å². The highest BCUT2D eigenvalue weighted by atomic mass is 79.9. The highest BCUT2D eigenvalue weighted by Crippen LogP contribution is 2.23. The first kappa shape index (κ1) is 9.46. The average Bonchev–Trinajstić information content (AvgIpc) is 2.27. The lowest BCUT2D eigenvalue weighted by Crippen LogP contribution is -1.87. The lowest BCUT2D eigenvalue weighted by molar-refractivity contribution is 0.415. The molecule has 2 aromatic rings. The van der Waals surface area contributed by atoms with Gasteiger partial charge < -0.3 is 4.74 Å². The van der Waals surface area contributed by atoms with E-state index >= 15 is 0 Å². The molecular weight excluding hydrogens is 242 g/mol. The molecule has 3 heteroatoms. The van der Waals surface area contributed by atoms with Crippen LogP contribution in [0.15, 0.2) is 30.5 Å². The Morgan fingerprint density at radius 1 is 1.36 bits per heavy atom. The molecule has 1 aromatic heterocycles. The van der Waals surface area contributed by atoms with Crippen LogP contribution in [0.4, 0.5) is 0 Å². The van der Waals surface area contributed by atoms with Gasteiger partial charge in [0, 0.05) is 23.0 Å². The lowest BCUT2D eigenvalue weighted by Gasteiger charge is -2.04. The van der Waals surface area contributed by atoms with Crippen molar-refractivity contribution in [2.75, 3.05) is 7.11 Å². The minimum atomic E-state index is 0.844. The molecule has 1 heterocycles. The van der Waals surface area contributed by atoms with Gasteiger partial charge in [-0.25, -0.2) is 0 Å². The van der Waals surface area contributed by atoms with E-state index in [1.54, 1.807) is 7.11 Å². The van der Waals surface area contributed by atoms with Crippen LogP contribution in [-0.2, 0) is 5.33 Å². The number of hydrogen-bond acceptors (Lipinski definition) is 2. The van der Waals surface area contributed by atoms with Gasteiger partial charge >= 0.3 is 0 Å². The lowest BCUT2D eigenvalue weighted by atomic mass is 10.1. The molecule has 0 spiro atoms. The predicted octanol–water partition coefficient (Wildman–Crippen LogP) is 3.14. The number of rotatable bonds is 2. The van der Waals surface area contributed by atoms with Gasteiger partial charge in [0.05, 0.1) is 12.6 Å². The molecule has 0 aliphatic heterocycles. The third kappa shape index (κ3) is 1.60. The first-order valence-corrected chi connectivity index (χ1v) is 5.45. The summed E-state index contributed by atoms with van der Waals surface area (Å²) in [6, 6.07) is 7.96. The van der Waals surface area contributed by atoms with Gasteiger partial charge in [-0.05, 0) is 23.8 Å². The van der Waals surface area contributed by atoms with Gasteiger partial charge in [0.25, 0.3) is 0 Å². The largest absolute Gasteiger partial charge is 0.497 e. The fraction of sp³-hybridized carbons (Fsp3) is 0.182. The van der Waals surface area contributed by atoms with E-state index in [1.165, 1.54) is 10.9 Å². The number of nitrogens with zero attached hydrogens (tertiary/aromatic N) is 1. The van der Waals surface area contributed by atoms with E-state index < -0.39 is 0 Å². The molecule has 0 radical (unpaired) electrons. The summed E-state index contributed by atoms with van der Waals surface area (Å²) in [5.74, 6) is 0.844. The van der Waals surface area contributed by atoms with Gasteiger partial charge in [-0.2, -0.15) is 0 Å². The minimum Gasteiger partial charge on any atom is -0.497 e. The standard InChI is InChI=1S/C11H10BrNO/c1-14-9-2-3-10-8(7-12)4-5-13-11(10)6-9/h2-6H,7H2,1H3. The van der Waals surface area contributed by atoms with Crippen LogP contribution in [0, 0.1) is 0 Å². The third-order valence-corrected chi connectivity index (χ3v) is 2.79. The van der Waals surface area contributed by atoms with Crippen LogP contribution in [0.1, 0.15) is 5.56 Å². The van der Waals surface area contributed by atoms with Gasteiger partial charge in [0.15, 0.2) is 0 Å². The summed E-state index contributed by atoms with van der Waals surface area (Å²) in [5, 5.41) is 2.02. The molecular formula is C11H10BrNO. The van der Waals surface area contributed by atoms with Gasteiger partial charge in [0.2, 0.25) is 0 Å². The van der Waals surface area contributed by atoms with Crippen molar-refractivity contribution in [3.8, 4) is 5.75 Å². The molecule has 0 saturated carbocycles.